The molecule has 0 spiro atoms. The molecule has 0 aromatic heterocycles. The molecule has 5 nitrogen and oxygen atoms in total. The van der Waals surface area contributed by atoms with E-state index in [0.29, 0.717) is 35.4 Å². The maximum Gasteiger partial charge on any atom is 0.231 e. The summed E-state index contributed by atoms with van der Waals surface area (Å²) in [5.74, 6) is 2.67. The summed E-state index contributed by atoms with van der Waals surface area (Å²) in [5.41, 5.74) is 1.07. The molecule has 0 unspecified atom stereocenters. The monoisotopic (exact) mass is 288 g/mol. The van der Waals surface area contributed by atoms with Gasteiger partial charge in [0, 0.05) is 6.07 Å². The van der Waals surface area contributed by atoms with Gasteiger partial charge < -0.3 is 23.7 Å². The first-order valence-corrected chi connectivity index (χ1v) is 6.54. The molecule has 110 valence electrons. The maximum atomic E-state index is 5.84. The topological polar surface area (TPSA) is 46.2 Å². The molecule has 0 aliphatic carbocycles. The third-order valence-corrected chi connectivity index (χ3v) is 3.19. The van der Waals surface area contributed by atoms with Crippen molar-refractivity contribution in [3.63, 3.8) is 0 Å². The molecule has 0 atom stereocenters. The minimum absolute atomic E-state index is 0.164. The summed E-state index contributed by atoms with van der Waals surface area (Å²) in [6, 6.07) is 11.7. The van der Waals surface area contributed by atoms with Gasteiger partial charge in [0.25, 0.3) is 0 Å². The number of rotatable bonds is 5. The molecule has 21 heavy (non-hydrogen) atoms. The van der Waals surface area contributed by atoms with Gasteiger partial charge in [-0.2, -0.15) is 0 Å². The summed E-state index contributed by atoms with van der Waals surface area (Å²) < 4.78 is 27.4. The van der Waals surface area contributed by atoms with Crippen LogP contribution in [0.25, 0.3) is 0 Å². The smallest absolute Gasteiger partial charge is 0.231 e. The Labute approximate surface area is 123 Å². The summed E-state index contributed by atoms with van der Waals surface area (Å²) in [4.78, 5) is 0. The molecule has 1 aliphatic rings. The Kier molecular flexibility index (Phi) is 3.73. The number of methoxy groups -OCH3 is 2. The minimum Gasteiger partial charge on any atom is -0.490 e. The molecule has 0 N–H and O–H groups in total. The van der Waals surface area contributed by atoms with Crippen LogP contribution in [0, 0.1) is 0 Å². The summed E-state index contributed by atoms with van der Waals surface area (Å²) in [5, 5.41) is 0. The van der Waals surface area contributed by atoms with Crippen molar-refractivity contribution in [2.24, 2.45) is 0 Å². The van der Waals surface area contributed by atoms with Gasteiger partial charge in [-0.3, -0.25) is 0 Å². The van der Waals surface area contributed by atoms with Crippen LogP contribution < -0.4 is 23.7 Å². The van der Waals surface area contributed by atoms with E-state index in [9.17, 15) is 0 Å². The van der Waals surface area contributed by atoms with Crippen molar-refractivity contribution in [1.29, 1.82) is 0 Å². The van der Waals surface area contributed by atoms with E-state index in [0.717, 1.165) is 5.56 Å². The molecule has 0 bridgehead atoms. The molecule has 2 aromatic rings. The van der Waals surface area contributed by atoms with E-state index in [2.05, 4.69) is 0 Å². The van der Waals surface area contributed by atoms with Crippen molar-refractivity contribution in [1.82, 2.24) is 0 Å². The Balaban J connectivity index is 1.91. The van der Waals surface area contributed by atoms with E-state index in [1.165, 1.54) is 0 Å². The summed E-state index contributed by atoms with van der Waals surface area (Å²) in [6.07, 6.45) is 0. The molecule has 5 heteroatoms. The van der Waals surface area contributed by atoms with Gasteiger partial charge in [-0.1, -0.05) is 30.3 Å². The van der Waals surface area contributed by atoms with Gasteiger partial charge in [0.05, 0.1) is 14.2 Å². The third kappa shape index (κ3) is 2.54. The van der Waals surface area contributed by atoms with Crippen LogP contribution in [0.4, 0.5) is 0 Å². The van der Waals surface area contributed by atoms with E-state index < -0.39 is 0 Å². The van der Waals surface area contributed by atoms with Crippen LogP contribution in [-0.4, -0.2) is 21.0 Å². The van der Waals surface area contributed by atoms with Gasteiger partial charge in [0.1, 0.15) is 6.61 Å². The highest BCUT2D eigenvalue weighted by molar-refractivity contribution is 5.66. The van der Waals surface area contributed by atoms with Crippen molar-refractivity contribution >= 4 is 0 Å². The molecular weight excluding hydrogens is 272 g/mol. The SMILES string of the molecule is COc1c(OCc2ccccc2)cc2c(c1OC)OCO2. The van der Waals surface area contributed by atoms with E-state index in [1.807, 2.05) is 30.3 Å². The van der Waals surface area contributed by atoms with Crippen molar-refractivity contribution in [3.05, 3.63) is 42.0 Å². The Morgan fingerprint density at radius 1 is 1.00 bits per heavy atom. The summed E-state index contributed by atoms with van der Waals surface area (Å²) in [6.45, 7) is 0.594. The zero-order valence-electron chi connectivity index (χ0n) is 11.9. The van der Waals surface area contributed by atoms with Gasteiger partial charge in [-0.15, -0.1) is 0 Å². The number of ether oxygens (including phenoxy) is 5. The average molecular weight is 288 g/mol. The standard InChI is InChI=1S/C16H16O5/c1-17-14-12(19-9-11-6-4-3-5-7-11)8-13-15(16(14)18-2)21-10-20-13/h3-8H,9-10H2,1-2H3. The predicted molar refractivity (Wildman–Crippen MR) is 76.4 cm³/mol. The second kappa shape index (κ2) is 5.83. The van der Waals surface area contributed by atoms with Crippen LogP contribution in [-0.2, 0) is 6.61 Å². The number of hydrogen-bond acceptors (Lipinski definition) is 5. The fourth-order valence-corrected chi connectivity index (χ4v) is 2.19. The molecule has 3 rings (SSSR count). The zero-order valence-corrected chi connectivity index (χ0v) is 11.9. The Hall–Kier alpha value is -2.56. The van der Waals surface area contributed by atoms with E-state index >= 15 is 0 Å². The molecule has 0 fully saturated rings. The van der Waals surface area contributed by atoms with Crippen molar-refractivity contribution in [2.75, 3.05) is 21.0 Å². The first kappa shape index (κ1) is 13.4. The zero-order chi connectivity index (χ0) is 14.7. The van der Waals surface area contributed by atoms with E-state index in [-0.39, 0.29) is 6.79 Å². The normalized spacial score (nSPS) is 12.1. The van der Waals surface area contributed by atoms with Crippen LogP contribution in [0.2, 0.25) is 0 Å². The molecular formula is C16H16O5. The molecule has 0 saturated carbocycles. The largest absolute Gasteiger partial charge is 0.490 e. The first-order chi connectivity index (χ1) is 10.3. The number of benzene rings is 2. The van der Waals surface area contributed by atoms with Gasteiger partial charge in [-0.05, 0) is 5.56 Å². The van der Waals surface area contributed by atoms with Crippen molar-refractivity contribution < 1.29 is 23.7 Å². The fraction of sp³-hybridized carbons (Fsp3) is 0.250. The molecule has 0 saturated heterocycles. The van der Waals surface area contributed by atoms with E-state index in [4.69, 9.17) is 23.7 Å². The summed E-state index contributed by atoms with van der Waals surface area (Å²) in [7, 11) is 3.12. The molecule has 0 amide bonds. The van der Waals surface area contributed by atoms with Crippen LogP contribution in [0.1, 0.15) is 5.56 Å². The fourth-order valence-electron chi connectivity index (χ4n) is 2.19. The van der Waals surface area contributed by atoms with Gasteiger partial charge in [-0.25, -0.2) is 0 Å². The van der Waals surface area contributed by atoms with Crippen LogP contribution in [0.15, 0.2) is 36.4 Å². The van der Waals surface area contributed by atoms with Gasteiger partial charge >= 0.3 is 0 Å². The first-order valence-electron chi connectivity index (χ1n) is 6.54. The Morgan fingerprint density at radius 2 is 1.76 bits per heavy atom. The van der Waals surface area contributed by atoms with Crippen LogP contribution in [0.5, 0.6) is 28.7 Å². The average Bonchev–Trinajstić information content (AvgIpc) is 3.00. The van der Waals surface area contributed by atoms with Crippen LogP contribution in [0.3, 0.4) is 0 Å². The third-order valence-electron chi connectivity index (χ3n) is 3.19. The highest BCUT2D eigenvalue weighted by Crippen LogP contribution is 2.52. The Morgan fingerprint density at radius 3 is 2.48 bits per heavy atom. The van der Waals surface area contributed by atoms with Gasteiger partial charge in [0.15, 0.2) is 11.5 Å². The second-order valence-corrected chi connectivity index (χ2v) is 4.45. The van der Waals surface area contributed by atoms with Gasteiger partial charge in [0.2, 0.25) is 24.0 Å². The molecule has 0 radical (unpaired) electrons. The van der Waals surface area contributed by atoms with Crippen molar-refractivity contribution in [2.45, 2.75) is 6.61 Å². The number of hydrogen-bond donors (Lipinski definition) is 0. The lowest BCUT2D eigenvalue weighted by atomic mass is 10.2. The van der Waals surface area contributed by atoms with Crippen molar-refractivity contribution in [3.8, 4) is 28.7 Å². The highest BCUT2D eigenvalue weighted by Gasteiger charge is 2.27. The predicted octanol–water partition coefficient (Wildman–Crippen LogP) is 3.01. The lowest BCUT2D eigenvalue weighted by Crippen LogP contribution is -2.00. The minimum atomic E-state index is 0.164. The lowest BCUT2D eigenvalue weighted by molar-refractivity contribution is 0.170. The summed E-state index contributed by atoms with van der Waals surface area (Å²) >= 11 is 0. The molecule has 1 aliphatic heterocycles. The van der Waals surface area contributed by atoms with Crippen LogP contribution >= 0.6 is 0 Å². The quantitative estimate of drug-likeness (QED) is 0.846. The molecule has 1 heterocycles. The van der Waals surface area contributed by atoms with E-state index in [1.54, 1.807) is 20.3 Å². The Bertz CT molecular complexity index is 624. The number of fused-ring (bicyclic) bond motifs is 1. The highest BCUT2D eigenvalue weighted by atomic mass is 16.7. The lowest BCUT2D eigenvalue weighted by Gasteiger charge is -2.15. The second-order valence-electron chi connectivity index (χ2n) is 4.45. The molecule has 2 aromatic carbocycles. The maximum absolute atomic E-state index is 5.84.